The lowest BCUT2D eigenvalue weighted by atomic mass is 9.62. The maximum atomic E-state index is 12.4. The molecule has 0 heterocycles. The molecule has 20 heavy (non-hydrogen) atoms. The van der Waals surface area contributed by atoms with Crippen LogP contribution in [0.1, 0.15) is 54.4 Å². The third-order valence-corrected chi connectivity index (χ3v) is 3.99. The molecular formula is C15H25BrO4. The first kappa shape index (κ1) is 17.5. The summed E-state index contributed by atoms with van der Waals surface area (Å²) in [6.07, 6.45) is 0.976. The van der Waals surface area contributed by atoms with Crippen LogP contribution in [0.5, 0.6) is 0 Å². The van der Waals surface area contributed by atoms with Gasteiger partial charge in [-0.1, -0.05) is 15.9 Å². The van der Waals surface area contributed by atoms with E-state index in [1.165, 1.54) is 0 Å². The average molecular weight is 349 g/mol. The van der Waals surface area contributed by atoms with Gasteiger partial charge in [-0.05, 0) is 60.3 Å². The summed E-state index contributed by atoms with van der Waals surface area (Å²) in [7, 11) is 0. The Morgan fingerprint density at radius 3 is 1.60 bits per heavy atom. The summed E-state index contributed by atoms with van der Waals surface area (Å²) in [6.45, 7) is 10.8. The number of hydrogen-bond donors (Lipinski definition) is 0. The van der Waals surface area contributed by atoms with Crippen LogP contribution in [0.2, 0.25) is 0 Å². The third kappa shape index (κ3) is 4.21. The van der Waals surface area contributed by atoms with E-state index in [1.807, 2.05) is 0 Å². The monoisotopic (exact) mass is 348 g/mol. The van der Waals surface area contributed by atoms with Crippen LogP contribution in [0.15, 0.2) is 0 Å². The van der Waals surface area contributed by atoms with Crippen LogP contribution in [-0.2, 0) is 19.1 Å². The quantitative estimate of drug-likeness (QED) is 0.445. The van der Waals surface area contributed by atoms with Gasteiger partial charge < -0.3 is 9.47 Å². The topological polar surface area (TPSA) is 52.6 Å². The third-order valence-electron chi connectivity index (χ3n) is 3.07. The highest BCUT2D eigenvalue weighted by molar-refractivity contribution is 9.09. The molecule has 0 radical (unpaired) electrons. The van der Waals surface area contributed by atoms with Gasteiger partial charge in [0.05, 0.1) is 0 Å². The zero-order valence-corrected chi connectivity index (χ0v) is 14.8. The number of alkyl halides is 1. The van der Waals surface area contributed by atoms with Crippen molar-refractivity contribution in [3.8, 4) is 0 Å². The first-order valence-electron chi connectivity index (χ1n) is 6.92. The van der Waals surface area contributed by atoms with Gasteiger partial charge in [0, 0.05) is 5.33 Å². The molecule has 0 N–H and O–H groups in total. The Bertz CT molecular complexity index is 354. The number of carbonyl (C=O) groups is 2. The predicted molar refractivity (Wildman–Crippen MR) is 80.6 cm³/mol. The van der Waals surface area contributed by atoms with E-state index in [0.717, 1.165) is 5.33 Å². The van der Waals surface area contributed by atoms with Crippen LogP contribution in [-0.4, -0.2) is 28.5 Å². The molecule has 0 aromatic rings. The van der Waals surface area contributed by atoms with Gasteiger partial charge in [-0.15, -0.1) is 0 Å². The zero-order valence-electron chi connectivity index (χ0n) is 13.2. The molecule has 1 saturated carbocycles. The molecule has 0 aromatic carbocycles. The predicted octanol–water partition coefficient (Wildman–Crippen LogP) is 3.46. The van der Waals surface area contributed by atoms with Crippen molar-refractivity contribution in [2.45, 2.75) is 65.6 Å². The molecule has 1 rings (SSSR count). The summed E-state index contributed by atoms with van der Waals surface area (Å²) in [5.41, 5.74) is -2.34. The Labute approximate surface area is 129 Å². The van der Waals surface area contributed by atoms with Crippen LogP contribution in [0.4, 0.5) is 0 Å². The molecule has 0 aliphatic heterocycles. The minimum Gasteiger partial charge on any atom is -0.459 e. The standard InChI is InChI=1S/C15H25BrO4/c1-13(2,3)19-11(17)15(7-10(8-15)9-16)12(18)20-14(4,5)6/h10H,7-9H2,1-6H3. The van der Waals surface area contributed by atoms with Crippen molar-refractivity contribution in [2.24, 2.45) is 11.3 Å². The van der Waals surface area contributed by atoms with Crippen molar-refractivity contribution in [1.29, 1.82) is 0 Å². The van der Waals surface area contributed by atoms with Gasteiger partial charge >= 0.3 is 11.9 Å². The van der Waals surface area contributed by atoms with E-state index >= 15 is 0 Å². The molecule has 116 valence electrons. The van der Waals surface area contributed by atoms with Gasteiger partial charge in [0.15, 0.2) is 5.41 Å². The molecule has 1 aliphatic carbocycles. The maximum Gasteiger partial charge on any atom is 0.324 e. The molecule has 0 saturated heterocycles. The van der Waals surface area contributed by atoms with Crippen molar-refractivity contribution in [2.75, 3.05) is 5.33 Å². The number of rotatable bonds is 3. The largest absolute Gasteiger partial charge is 0.459 e. The second-order valence-corrected chi connectivity index (χ2v) is 8.16. The lowest BCUT2D eigenvalue weighted by Crippen LogP contribution is -2.54. The molecule has 1 fully saturated rings. The van der Waals surface area contributed by atoms with E-state index in [-0.39, 0.29) is 0 Å². The van der Waals surface area contributed by atoms with E-state index in [1.54, 1.807) is 41.5 Å². The van der Waals surface area contributed by atoms with Crippen LogP contribution >= 0.6 is 15.9 Å². The fourth-order valence-corrected chi connectivity index (χ4v) is 2.66. The highest BCUT2D eigenvalue weighted by Gasteiger charge is 2.59. The number of ether oxygens (including phenoxy) is 2. The van der Waals surface area contributed by atoms with Crippen LogP contribution in [0.3, 0.4) is 0 Å². The summed E-state index contributed by atoms with van der Waals surface area (Å²) >= 11 is 3.39. The molecule has 5 heteroatoms. The Morgan fingerprint density at radius 2 is 1.35 bits per heavy atom. The van der Waals surface area contributed by atoms with E-state index in [2.05, 4.69) is 15.9 Å². The summed E-state index contributed by atoms with van der Waals surface area (Å²) in [5.74, 6) is -0.608. The Hall–Kier alpha value is -0.580. The van der Waals surface area contributed by atoms with Gasteiger partial charge in [0.25, 0.3) is 0 Å². The van der Waals surface area contributed by atoms with Crippen LogP contribution in [0, 0.1) is 11.3 Å². The second-order valence-electron chi connectivity index (χ2n) is 7.51. The smallest absolute Gasteiger partial charge is 0.324 e. The highest BCUT2D eigenvalue weighted by atomic mass is 79.9. The molecular weight excluding hydrogens is 324 g/mol. The Balaban J connectivity index is 2.89. The van der Waals surface area contributed by atoms with E-state index in [4.69, 9.17) is 9.47 Å². The first-order valence-corrected chi connectivity index (χ1v) is 8.05. The molecule has 0 aromatic heterocycles. The number of esters is 2. The van der Waals surface area contributed by atoms with Crippen molar-refractivity contribution >= 4 is 27.9 Å². The fourth-order valence-electron chi connectivity index (χ4n) is 2.20. The fraction of sp³-hybridized carbons (Fsp3) is 0.867. The van der Waals surface area contributed by atoms with Gasteiger partial charge in [0.1, 0.15) is 11.2 Å². The van der Waals surface area contributed by atoms with E-state index < -0.39 is 28.6 Å². The van der Waals surface area contributed by atoms with E-state index in [9.17, 15) is 9.59 Å². The minimum absolute atomic E-state index is 0.315. The van der Waals surface area contributed by atoms with Crippen molar-refractivity contribution in [3.63, 3.8) is 0 Å². The molecule has 0 atom stereocenters. The average Bonchev–Trinajstić information content (AvgIpc) is 2.09. The van der Waals surface area contributed by atoms with Gasteiger partial charge in [-0.3, -0.25) is 9.59 Å². The molecule has 0 bridgehead atoms. The molecule has 0 spiro atoms. The normalized spacial score (nSPS) is 19.1. The Morgan fingerprint density at radius 1 is 1.00 bits per heavy atom. The lowest BCUT2D eigenvalue weighted by Gasteiger charge is -2.44. The van der Waals surface area contributed by atoms with Gasteiger partial charge in [-0.2, -0.15) is 0 Å². The van der Waals surface area contributed by atoms with Crippen LogP contribution in [0.25, 0.3) is 0 Å². The lowest BCUT2D eigenvalue weighted by molar-refractivity contribution is -0.195. The van der Waals surface area contributed by atoms with Crippen molar-refractivity contribution in [1.82, 2.24) is 0 Å². The number of halogens is 1. The van der Waals surface area contributed by atoms with Gasteiger partial charge in [0.2, 0.25) is 0 Å². The molecule has 4 nitrogen and oxygen atoms in total. The van der Waals surface area contributed by atoms with Crippen LogP contribution < -0.4 is 0 Å². The number of carbonyl (C=O) groups excluding carboxylic acids is 2. The molecule has 0 amide bonds. The maximum absolute atomic E-state index is 12.4. The molecule has 1 aliphatic rings. The highest BCUT2D eigenvalue weighted by Crippen LogP contribution is 2.49. The number of hydrogen-bond acceptors (Lipinski definition) is 4. The van der Waals surface area contributed by atoms with E-state index in [0.29, 0.717) is 18.8 Å². The first-order chi connectivity index (χ1) is 8.89. The summed E-state index contributed by atoms with van der Waals surface area (Å²) in [5, 5.41) is 0.778. The van der Waals surface area contributed by atoms with Crippen molar-refractivity contribution < 1.29 is 19.1 Å². The van der Waals surface area contributed by atoms with Crippen molar-refractivity contribution in [3.05, 3.63) is 0 Å². The summed E-state index contributed by atoms with van der Waals surface area (Å²) < 4.78 is 10.8. The Kier molecular flexibility index (Phi) is 4.95. The summed E-state index contributed by atoms with van der Waals surface area (Å²) in [4.78, 5) is 24.8. The SMILES string of the molecule is CC(C)(C)OC(=O)C1(C(=O)OC(C)(C)C)CC(CBr)C1. The second kappa shape index (κ2) is 5.66. The minimum atomic E-state index is -1.13. The van der Waals surface area contributed by atoms with Gasteiger partial charge in [-0.25, -0.2) is 0 Å². The zero-order chi connectivity index (χ0) is 15.8. The molecule has 0 unspecified atom stereocenters. The summed E-state index contributed by atoms with van der Waals surface area (Å²) in [6, 6.07) is 0.